The van der Waals surface area contributed by atoms with Gasteiger partial charge in [-0.3, -0.25) is 9.19 Å². The number of hydrogen-bond donors (Lipinski definition) is 1. The Hall–Kier alpha value is -1.68. The largest absolute Gasteiger partial charge is 0.399 e. The first-order valence-electron chi connectivity index (χ1n) is 5.30. The molecule has 3 nitrogen and oxygen atoms in total. The van der Waals surface area contributed by atoms with Crippen LogP contribution in [0.1, 0.15) is 11.1 Å². The highest BCUT2D eigenvalue weighted by molar-refractivity contribution is 7.84. The number of anilines is 1. The fourth-order valence-electron chi connectivity index (χ4n) is 1.64. The molecule has 0 bridgehead atoms. The lowest BCUT2D eigenvalue weighted by Crippen LogP contribution is -1.99. The van der Waals surface area contributed by atoms with Crippen LogP contribution < -0.4 is 5.73 Å². The Kier molecular flexibility index (Phi) is 3.54. The average molecular weight is 246 g/mol. The number of pyridine rings is 1. The van der Waals surface area contributed by atoms with Gasteiger partial charge in [0.2, 0.25) is 0 Å². The van der Waals surface area contributed by atoms with E-state index in [0.29, 0.717) is 11.4 Å². The lowest BCUT2D eigenvalue weighted by atomic mass is 10.2. The van der Waals surface area contributed by atoms with Crippen LogP contribution in [0.2, 0.25) is 0 Å². The molecule has 1 aromatic carbocycles. The third-order valence-corrected chi connectivity index (χ3v) is 4.04. The molecule has 0 aliphatic heterocycles. The Morgan fingerprint density at radius 3 is 2.59 bits per heavy atom. The van der Waals surface area contributed by atoms with Gasteiger partial charge in [0.1, 0.15) is 0 Å². The van der Waals surface area contributed by atoms with E-state index in [4.69, 9.17) is 5.73 Å². The fourth-order valence-corrected chi connectivity index (χ4v) is 2.92. The van der Waals surface area contributed by atoms with Crippen molar-refractivity contribution < 1.29 is 4.21 Å². The van der Waals surface area contributed by atoms with Gasteiger partial charge < -0.3 is 5.73 Å². The van der Waals surface area contributed by atoms with E-state index in [9.17, 15) is 4.21 Å². The molecular weight excluding hydrogens is 232 g/mol. The van der Waals surface area contributed by atoms with Gasteiger partial charge in [-0.2, -0.15) is 0 Å². The van der Waals surface area contributed by atoms with E-state index in [0.717, 1.165) is 16.0 Å². The van der Waals surface area contributed by atoms with Crippen LogP contribution in [0.15, 0.2) is 47.6 Å². The summed E-state index contributed by atoms with van der Waals surface area (Å²) < 4.78 is 12.2. The summed E-state index contributed by atoms with van der Waals surface area (Å²) in [6, 6.07) is 9.23. The van der Waals surface area contributed by atoms with Crippen LogP contribution in [0.5, 0.6) is 0 Å². The first-order chi connectivity index (χ1) is 8.16. The number of nitrogen functional groups attached to an aromatic ring is 1. The van der Waals surface area contributed by atoms with Gasteiger partial charge in [0.25, 0.3) is 0 Å². The van der Waals surface area contributed by atoms with E-state index in [1.54, 1.807) is 18.5 Å². The number of aryl methyl sites for hydroxylation is 1. The van der Waals surface area contributed by atoms with E-state index in [1.165, 1.54) is 0 Å². The summed E-state index contributed by atoms with van der Waals surface area (Å²) in [6.45, 7) is 1.93. The van der Waals surface area contributed by atoms with Gasteiger partial charge in [-0.15, -0.1) is 0 Å². The summed E-state index contributed by atoms with van der Waals surface area (Å²) in [4.78, 5) is 4.78. The van der Waals surface area contributed by atoms with Crippen LogP contribution in [0.25, 0.3) is 0 Å². The number of hydrogen-bond acceptors (Lipinski definition) is 3. The van der Waals surface area contributed by atoms with Crippen LogP contribution in [0.4, 0.5) is 5.69 Å². The SMILES string of the molecule is Cc1cc(N)ccc1S(=O)Cc1ccncc1. The molecule has 2 aromatic rings. The molecule has 2 N–H and O–H groups in total. The highest BCUT2D eigenvalue weighted by atomic mass is 32.2. The summed E-state index contributed by atoms with van der Waals surface area (Å²) >= 11 is 0. The molecule has 0 radical (unpaired) electrons. The van der Waals surface area contributed by atoms with Crippen molar-refractivity contribution in [3.8, 4) is 0 Å². The van der Waals surface area contributed by atoms with Gasteiger partial charge >= 0.3 is 0 Å². The third kappa shape index (κ3) is 2.91. The van der Waals surface area contributed by atoms with E-state index in [1.807, 2.05) is 31.2 Å². The van der Waals surface area contributed by atoms with Crippen molar-refractivity contribution in [2.45, 2.75) is 17.6 Å². The summed E-state index contributed by atoms with van der Waals surface area (Å²) in [5, 5.41) is 0. The van der Waals surface area contributed by atoms with E-state index < -0.39 is 10.8 Å². The maximum Gasteiger partial charge on any atom is 0.0576 e. The lowest BCUT2D eigenvalue weighted by Gasteiger charge is -2.06. The molecule has 4 heteroatoms. The second kappa shape index (κ2) is 5.10. The zero-order valence-corrected chi connectivity index (χ0v) is 10.4. The van der Waals surface area contributed by atoms with Gasteiger partial charge in [-0.05, 0) is 48.4 Å². The molecule has 0 saturated heterocycles. The molecule has 0 saturated carbocycles. The molecular formula is C13H14N2OS. The third-order valence-electron chi connectivity index (χ3n) is 2.49. The molecule has 2 rings (SSSR count). The van der Waals surface area contributed by atoms with E-state index in [-0.39, 0.29) is 0 Å². The molecule has 17 heavy (non-hydrogen) atoms. The minimum absolute atomic E-state index is 0.507. The van der Waals surface area contributed by atoms with Crippen molar-refractivity contribution in [1.29, 1.82) is 0 Å². The second-order valence-electron chi connectivity index (χ2n) is 3.87. The van der Waals surface area contributed by atoms with Crippen LogP contribution in [-0.2, 0) is 16.6 Å². The predicted octanol–water partition coefficient (Wildman–Crippen LogP) is 2.28. The lowest BCUT2D eigenvalue weighted by molar-refractivity contribution is 0.682. The van der Waals surface area contributed by atoms with Crippen LogP contribution in [0.3, 0.4) is 0 Å². The Balaban J connectivity index is 2.21. The number of aromatic nitrogens is 1. The molecule has 0 aliphatic carbocycles. The van der Waals surface area contributed by atoms with Crippen LogP contribution in [0, 0.1) is 6.92 Å². The first-order valence-corrected chi connectivity index (χ1v) is 6.62. The second-order valence-corrected chi connectivity index (χ2v) is 5.29. The van der Waals surface area contributed by atoms with Gasteiger partial charge in [0.15, 0.2) is 0 Å². The van der Waals surface area contributed by atoms with E-state index >= 15 is 0 Å². The van der Waals surface area contributed by atoms with Gasteiger partial charge in [0, 0.05) is 23.0 Å². The molecule has 1 heterocycles. The molecule has 88 valence electrons. The maximum atomic E-state index is 12.2. The van der Waals surface area contributed by atoms with E-state index in [2.05, 4.69) is 4.98 Å². The van der Waals surface area contributed by atoms with Crippen molar-refractivity contribution in [2.75, 3.05) is 5.73 Å². The number of benzene rings is 1. The monoisotopic (exact) mass is 246 g/mol. The summed E-state index contributed by atoms with van der Waals surface area (Å²) in [7, 11) is -1.04. The topological polar surface area (TPSA) is 56.0 Å². The fraction of sp³-hybridized carbons (Fsp3) is 0.154. The van der Waals surface area contributed by atoms with Crippen LogP contribution in [-0.4, -0.2) is 9.19 Å². The van der Waals surface area contributed by atoms with Crippen molar-refractivity contribution in [1.82, 2.24) is 4.98 Å². The minimum Gasteiger partial charge on any atom is -0.399 e. The number of rotatable bonds is 3. The first kappa shape index (κ1) is 11.8. The van der Waals surface area contributed by atoms with Gasteiger partial charge in [-0.1, -0.05) is 0 Å². The molecule has 0 aliphatic rings. The molecule has 0 fully saturated rings. The Bertz CT molecular complexity index is 540. The van der Waals surface area contributed by atoms with Crippen molar-refractivity contribution in [3.63, 3.8) is 0 Å². The predicted molar refractivity (Wildman–Crippen MR) is 69.9 cm³/mol. The maximum absolute atomic E-state index is 12.2. The van der Waals surface area contributed by atoms with Crippen LogP contribution >= 0.6 is 0 Å². The molecule has 0 amide bonds. The average Bonchev–Trinajstić information content (AvgIpc) is 2.30. The highest BCUT2D eigenvalue weighted by Crippen LogP contribution is 2.18. The molecule has 1 aromatic heterocycles. The number of nitrogens with two attached hydrogens (primary N) is 1. The summed E-state index contributed by atoms with van der Waals surface area (Å²) in [5.41, 5.74) is 8.37. The van der Waals surface area contributed by atoms with Crippen molar-refractivity contribution in [3.05, 3.63) is 53.9 Å². The zero-order chi connectivity index (χ0) is 12.3. The summed E-state index contributed by atoms with van der Waals surface area (Å²) in [5.74, 6) is 0.507. The standard InChI is InChI=1S/C13H14N2OS/c1-10-8-12(14)2-3-13(10)17(16)9-11-4-6-15-7-5-11/h2-8H,9,14H2,1H3. The van der Waals surface area contributed by atoms with Crippen molar-refractivity contribution >= 4 is 16.5 Å². The van der Waals surface area contributed by atoms with Crippen molar-refractivity contribution in [2.24, 2.45) is 0 Å². The van der Waals surface area contributed by atoms with Gasteiger partial charge in [0.05, 0.1) is 16.6 Å². The molecule has 1 unspecified atom stereocenters. The normalized spacial score (nSPS) is 12.3. The summed E-state index contributed by atoms with van der Waals surface area (Å²) in [6.07, 6.45) is 3.42. The highest BCUT2D eigenvalue weighted by Gasteiger charge is 2.08. The minimum atomic E-state index is -1.04. The Morgan fingerprint density at radius 2 is 1.94 bits per heavy atom. The quantitative estimate of drug-likeness (QED) is 0.845. The smallest absolute Gasteiger partial charge is 0.0576 e. The zero-order valence-electron chi connectivity index (χ0n) is 9.59. The molecule has 1 atom stereocenters. The Labute approximate surface area is 103 Å². The number of nitrogens with zero attached hydrogens (tertiary/aromatic N) is 1. The Morgan fingerprint density at radius 1 is 1.24 bits per heavy atom. The van der Waals surface area contributed by atoms with Gasteiger partial charge in [-0.25, -0.2) is 0 Å². The molecule has 0 spiro atoms.